The van der Waals surface area contributed by atoms with Crippen LogP contribution in [0.5, 0.6) is 0 Å². The highest BCUT2D eigenvalue weighted by atomic mass is 16.2. The highest BCUT2D eigenvalue weighted by Crippen LogP contribution is 2.25. The molecule has 1 heterocycles. The van der Waals surface area contributed by atoms with E-state index in [4.69, 9.17) is 5.73 Å². The number of carbonyl (C=O) groups is 1. The summed E-state index contributed by atoms with van der Waals surface area (Å²) < 4.78 is 0. The van der Waals surface area contributed by atoms with E-state index in [9.17, 15) is 4.79 Å². The molecule has 1 aliphatic rings. The van der Waals surface area contributed by atoms with E-state index in [1.54, 1.807) is 4.90 Å². The van der Waals surface area contributed by atoms with Crippen molar-refractivity contribution < 1.29 is 4.79 Å². The summed E-state index contributed by atoms with van der Waals surface area (Å²) in [6.45, 7) is 8.34. The number of hydrogen-bond acceptors (Lipinski definition) is 2. The fraction of sp³-hybridized carbons (Fsp3) is 0.900. The first-order valence-electron chi connectivity index (χ1n) is 5.31. The van der Waals surface area contributed by atoms with Crippen LogP contribution < -0.4 is 11.1 Å². The number of amides is 2. The normalized spacial score (nSPS) is 19.4. The topological polar surface area (TPSA) is 58.4 Å². The molecule has 0 radical (unpaired) electrons. The van der Waals surface area contributed by atoms with Crippen LogP contribution in [0.15, 0.2) is 0 Å². The Morgan fingerprint density at radius 2 is 2.14 bits per heavy atom. The average molecular weight is 199 g/mol. The minimum absolute atomic E-state index is 0.0218. The van der Waals surface area contributed by atoms with Gasteiger partial charge in [-0.15, -0.1) is 0 Å². The van der Waals surface area contributed by atoms with E-state index in [0.717, 1.165) is 13.0 Å². The van der Waals surface area contributed by atoms with Gasteiger partial charge in [0.05, 0.1) is 5.54 Å². The van der Waals surface area contributed by atoms with Crippen molar-refractivity contribution >= 4 is 6.03 Å². The molecule has 1 rings (SSSR count). The summed E-state index contributed by atoms with van der Waals surface area (Å²) in [6, 6.07) is 0.0218. The van der Waals surface area contributed by atoms with Gasteiger partial charge in [-0.2, -0.15) is 0 Å². The molecule has 1 aliphatic heterocycles. The van der Waals surface area contributed by atoms with Gasteiger partial charge in [0.1, 0.15) is 0 Å². The smallest absolute Gasteiger partial charge is 0.317 e. The number of carbonyl (C=O) groups excluding carboxylic acids is 1. The van der Waals surface area contributed by atoms with Crippen molar-refractivity contribution in [3.05, 3.63) is 0 Å². The second-order valence-electron chi connectivity index (χ2n) is 4.48. The molecule has 0 saturated carbocycles. The molecule has 0 atom stereocenters. The molecule has 0 aromatic heterocycles. The van der Waals surface area contributed by atoms with Crippen LogP contribution in [0.4, 0.5) is 4.79 Å². The molecular formula is C10H21N3O. The lowest BCUT2D eigenvalue weighted by atomic mass is 9.80. The van der Waals surface area contributed by atoms with Gasteiger partial charge in [0, 0.05) is 19.6 Å². The van der Waals surface area contributed by atoms with Crippen LogP contribution >= 0.6 is 0 Å². The molecule has 4 nitrogen and oxygen atoms in total. The lowest BCUT2D eigenvalue weighted by molar-refractivity contribution is 0.0656. The van der Waals surface area contributed by atoms with Crippen LogP contribution in [0, 0.1) is 5.92 Å². The monoisotopic (exact) mass is 199 g/mol. The second-order valence-corrected chi connectivity index (χ2v) is 4.48. The summed E-state index contributed by atoms with van der Waals surface area (Å²) in [5.41, 5.74) is 5.92. The molecule has 1 fully saturated rings. The highest BCUT2D eigenvalue weighted by molar-refractivity contribution is 5.75. The number of likely N-dealkylation sites (tertiary alicyclic amines) is 1. The SMILES string of the molecule is CCCNC(=O)N1CC(N)(C(C)C)C1. The summed E-state index contributed by atoms with van der Waals surface area (Å²) in [4.78, 5) is 13.2. The van der Waals surface area contributed by atoms with Gasteiger partial charge in [0.15, 0.2) is 0 Å². The molecule has 4 heteroatoms. The first kappa shape index (κ1) is 11.3. The zero-order valence-electron chi connectivity index (χ0n) is 9.34. The number of hydrogen-bond donors (Lipinski definition) is 2. The van der Waals surface area contributed by atoms with Gasteiger partial charge < -0.3 is 16.0 Å². The van der Waals surface area contributed by atoms with Crippen molar-refractivity contribution in [1.29, 1.82) is 0 Å². The van der Waals surface area contributed by atoms with Crippen molar-refractivity contribution in [3.63, 3.8) is 0 Å². The molecule has 0 bridgehead atoms. The van der Waals surface area contributed by atoms with Crippen LogP contribution in [0.1, 0.15) is 27.2 Å². The van der Waals surface area contributed by atoms with Gasteiger partial charge in [-0.3, -0.25) is 0 Å². The Morgan fingerprint density at radius 1 is 1.57 bits per heavy atom. The highest BCUT2D eigenvalue weighted by Gasteiger charge is 2.43. The molecule has 1 saturated heterocycles. The molecule has 82 valence electrons. The minimum Gasteiger partial charge on any atom is -0.338 e. The molecule has 0 unspecified atom stereocenters. The number of nitrogens with two attached hydrogens (primary N) is 1. The van der Waals surface area contributed by atoms with Crippen LogP contribution in [-0.2, 0) is 0 Å². The lowest BCUT2D eigenvalue weighted by Crippen LogP contribution is -2.72. The predicted octanol–water partition coefficient (Wildman–Crippen LogP) is 0.775. The van der Waals surface area contributed by atoms with E-state index < -0.39 is 0 Å². The fourth-order valence-corrected chi connectivity index (χ4v) is 1.52. The summed E-state index contributed by atoms with van der Waals surface area (Å²) in [6.07, 6.45) is 0.970. The van der Waals surface area contributed by atoms with Crippen molar-refractivity contribution in [1.82, 2.24) is 10.2 Å². The summed E-state index contributed by atoms with van der Waals surface area (Å²) in [7, 11) is 0. The minimum atomic E-state index is -0.163. The van der Waals surface area contributed by atoms with Crippen molar-refractivity contribution in [3.8, 4) is 0 Å². The molecule has 2 amide bonds. The third-order valence-corrected chi connectivity index (χ3v) is 2.93. The Balaban J connectivity index is 2.30. The zero-order valence-corrected chi connectivity index (χ0v) is 9.34. The van der Waals surface area contributed by atoms with Gasteiger partial charge in [0.25, 0.3) is 0 Å². The number of nitrogens with one attached hydrogen (secondary N) is 1. The second kappa shape index (κ2) is 4.17. The largest absolute Gasteiger partial charge is 0.338 e. The van der Waals surface area contributed by atoms with E-state index in [0.29, 0.717) is 19.0 Å². The van der Waals surface area contributed by atoms with E-state index in [2.05, 4.69) is 19.2 Å². The molecule has 0 aliphatic carbocycles. The molecule has 3 N–H and O–H groups in total. The Bertz CT molecular complexity index is 209. The quantitative estimate of drug-likeness (QED) is 0.705. The molecule has 0 spiro atoms. The van der Waals surface area contributed by atoms with Crippen molar-refractivity contribution in [2.75, 3.05) is 19.6 Å². The maximum atomic E-state index is 11.5. The Labute approximate surface area is 85.8 Å². The average Bonchev–Trinajstić information content (AvgIpc) is 2.08. The van der Waals surface area contributed by atoms with Gasteiger partial charge in [-0.25, -0.2) is 4.79 Å². The lowest BCUT2D eigenvalue weighted by Gasteiger charge is -2.50. The van der Waals surface area contributed by atoms with Crippen molar-refractivity contribution in [2.45, 2.75) is 32.7 Å². The van der Waals surface area contributed by atoms with E-state index in [-0.39, 0.29) is 11.6 Å². The fourth-order valence-electron chi connectivity index (χ4n) is 1.52. The zero-order chi connectivity index (χ0) is 10.8. The van der Waals surface area contributed by atoms with Gasteiger partial charge in [0.2, 0.25) is 0 Å². The Morgan fingerprint density at radius 3 is 2.57 bits per heavy atom. The summed E-state index contributed by atoms with van der Waals surface area (Å²) in [5.74, 6) is 0.428. The van der Waals surface area contributed by atoms with Crippen LogP contribution in [-0.4, -0.2) is 36.1 Å². The molecule has 0 aromatic rings. The van der Waals surface area contributed by atoms with Crippen LogP contribution in [0.2, 0.25) is 0 Å². The standard InChI is InChI=1S/C10H21N3O/c1-4-5-12-9(14)13-6-10(11,7-13)8(2)3/h8H,4-7,11H2,1-3H3,(H,12,14). The molecular weight excluding hydrogens is 178 g/mol. The van der Waals surface area contributed by atoms with Gasteiger partial charge in [-0.1, -0.05) is 20.8 Å². The maximum Gasteiger partial charge on any atom is 0.317 e. The van der Waals surface area contributed by atoms with Gasteiger partial charge in [-0.05, 0) is 12.3 Å². The molecule has 0 aromatic carbocycles. The van der Waals surface area contributed by atoms with Gasteiger partial charge >= 0.3 is 6.03 Å². The van der Waals surface area contributed by atoms with Crippen molar-refractivity contribution in [2.24, 2.45) is 11.7 Å². The number of rotatable bonds is 3. The summed E-state index contributed by atoms with van der Waals surface area (Å²) in [5, 5.41) is 2.84. The third kappa shape index (κ3) is 2.18. The summed E-state index contributed by atoms with van der Waals surface area (Å²) >= 11 is 0. The third-order valence-electron chi connectivity index (χ3n) is 2.93. The van der Waals surface area contributed by atoms with E-state index in [1.807, 2.05) is 6.92 Å². The van der Waals surface area contributed by atoms with Crippen LogP contribution in [0.3, 0.4) is 0 Å². The first-order valence-corrected chi connectivity index (χ1v) is 5.31. The molecule has 14 heavy (non-hydrogen) atoms. The van der Waals surface area contributed by atoms with Crippen LogP contribution in [0.25, 0.3) is 0 Å². The Hall–Kier alpha value is -0.770. The first-order chi connectivity index (χ1) is 6.49. The van der Waals surface area contributed by atoms with E-state index >= 15 is 0 Å². The van der Waals surface area contributed by atoms with E-state index in [1.165, 1.54) is 0 Å². The number of nitrogens with zero attached hydrogens (tertiary/aromatic N) is 1. The number of urea groups is 1. The maximum absolute atomic E-state index is 11.5. The Kier molecular flexibility index (Phi) is 3.37. The predicted molar refractivity (Wildman–Crippen MR) is 57.0 cm³/mol.